The second kappa shape index (κ2) is 8.35. The van der Waals surface area contributed by atoms with Crippen LogP contribution < -0.4 is 4.90 Å². The Morgan fingerprint density at radius 3 is 2.71 bits per heavy atom. The van der Waals surface area contributed by atoms with Gasteiger partial charge in [-0.1, -0.05) is 24.3 Å². The lowest BCUT2D eigenvalue weighted by atomic mass is 10.0. The Morgan fingerprint density at radius 1 is 0.971 bits per heavy atom. The van der Waals surface area contributed by atoms with Crippen LogP contribution in [0.4, 0.5) is 5.69 Å². The maximum Gasteiger partial charge on any atom is 0.228 e. The minimum Gasteiger partial charge on any atom is -0.369 e. The van der Waals surface area contributed by atoms with Gasteiger partial charge in [-0.3, -0.25) is 14.8 Å². The monoisotopic (exact) mass is 448 g/mol. The number of anilines is 1. The fourth-order valence-corrected chi connectivity index (χ4v) is 4.54. The van der Waals surface area contributed by atoms with Gasteiger partial charge in [0.2, 0.25) is 5.78 Å². The molecule has 6 rings (SSSR count). The fourth-order valence-electron chi connectivity index (χ4n) is 4.54. The standard InChI is InChI=1S/C27H24N6O/c1-32-10-12-33(13-11-32)20-6-7-23-25(15-20)31-27(30-23)26(34)18-8-9-29-24(14-18)22-17-28-16-19-4-2-3-5-21(19)22/h2-9,14-17H,10-13H2,1H3,(H,30,31). The Morgan fingerprint density at radius 2 is 1.82 bits per heavy atom. The lowest BCUT2D eigenvalue weighted by Crippen LogP contribution is -2.44. The van der Waals surface area contributed by atoms with E-state index in [1.165, 1.54) is 0 Å². The maximum absolute atomic E-state index is 13.3. The van der Waals surface area contributed by atoms with Crippen LogP contribution in [0.3, 0.4) is 0 Å². The molecule has 0 bridgehead atoms. The summed E-state index contributed by atoms with van der Waals surface area (Å²) in [5.41, 5.74) is 4.95. The third-order valence-electron chi connectivity index (χ3n) is 6.52. The molecular weight excluding hydrogens is 424 g/mol. The molecule has 7 heteroatoms. The summed E-state index contributed by atoms with van der Waals surface area (Å²) in [6, 6.07) is 17.7. The van der Waals surface area contributed by atoms with Crippen molar-refractivity contribution in [3.05, 3.63) is 84.6 Å². The lowest BCUT2D eigenvalue weighted by molar-refractivity contribution is 0.103. The topological polar surface area (TPSA) is 78.0 Å². The van der Waals surface area contributed by atoms with Crippen LogP contribution in [0.25, 0.3) is 33.1 Å². The van der Waals surface area contributed by atoms with Crippen molar-refractivity contribution in [1.82, 2.24) is 24.8 Å². The highest BCUT2D eigenvalue weighted by atomic mass is 16.1. The SMILES string of the molecule is CN1CCN(c2ccc3nc(C(=O)c4ccnc(-c5cncc6ccccc56)c4)[nH]c3c2)CC1. The third-order valence-corrected chi connectivity index (χ3v) is 6.52. The number of benzene rings is 2. The molecule has 3 aromatic heterocycles. The number of aromatic amines is 1. The molecule has 34 heavy (non-hydrogen) atoms. The molecule has 0 spiro atoms. The Hall–Kier alpha value is -4.10. The van der Waals surface area contributed by atoms with Gasteiger partial charge in [-0.15, -0.1) is 0 Å². The van der Waals surface area contributed by atoms with E-state index >= 15 is 0 Å². The molecule has 5 aromatic rings. The van der Waals surface area contributed by atoms with Crippen LogP contribution in [0.2, 0.25) is 0 Å². The molecule has 0 unspecified atom stereocenters. The first-order valence-electron chi connectivity index (χ1n) is 11.4. The largest absolute Gasteiger partial charge is 0.369 e. The molecule has 0 saturated carbocycles. The van der Waals surface area contributed by atoms with E-state index in [9.17, 15) is 4.79 Å². The van der Waals surface area contributed by atoms with E-state index < -0.39 is 0 Å². The molecule has 1 aliphatic rings. The molecule has 1 N–H and O–H groups in total. The molecule has 1 saturated heterocycles. The zero-order valence-electron chi connectivity index (χ0n) is 18.9. The number of piperazine rings is 1. The first kappa shape index (κ1) is 20.5. The van der Waals surface area contributed by atoms with Gasteiger partial charge in [-0.25, -0.2) is 4.98 Å². The molecule has 1 aliphatic heterocycles. The number of carbonyl (C=O) groups excluding carboxylic acids is 1. The summed E-state index contributed by atoms with van der Waals surface area (Å²) in [4.78, 5) is 34.7. The zero-order valence-corrected chi connectivity index (χ0v) is 18.9. The van der Waals surface area contributed by atoms with E-state index in [1.54, 1.807) is 18.5 Å². The number of carbonyl (C=O) groups is 1. The maximum atomic E-state index is 13.3. The van der Waals surface area contributed by atoms with Crippen molar-refractivity contribution in [1.29, 1.82) is 0 Å². The number of hydrogen-bond acceptors (Lipinski definition) is 6. The molecule has 1 fully saturated rings. The van der Waals surface area contributed by atoms with Crippen LogP contribution in [0.15, 0.2) is 73.2 Å². The van der Waals surface area contributed by atoms with E-state index in [1.807, 2.05) is 42.6 Å². The number of rotatable bonds is 4. The van der Waals surface area contributed by atoms with Gasteiger partial charge >= 0.3 is 0 Å². The van der Waals surface area contributed by atoms with E-state index in [0.29, 0.717) is 17.1 Å². The van der Waals surface area contributed by atoms with Crippen molar-refractivity contribution >= 4 is 33.3 Å². The summed E-state index contributed by atoms with van der Waals surface area (Å²) in [5, 5.41) is 2.08. The Kier molecular flexibility index (Phi) is 5.04. The highest BCUT2D eigenvalue weighted by Crippen LogP contribution is 2.27. The van der Waals surface area contributed by atoms with Crippen LogP contribution in [0.1, 0.15) is 16.2 Å². The summed E-state index contributed by atoms with van der Waals surface area (Å²) < 4.78 is 0. The molecule has 7 nitrogen and oxygen atoms in total. The van der Waals surface area contributed by atoms with Crippen LogP contribution in [0, 0.1) is 0 Å². The summed E-state index contributed by atoms with van der Waals surface area (Å²) >= 11 is 0. The number of imidazole rings is 1. The first-order chi connectivity index (χ1) is 16.7. The van der Waals surface area contributed by atoms with Gasteiger partial charge in [0, 0.05) is 67.0 Å². The van der Waals surface area contributed by atoms with Crippen LogP contribution in [-0.2, 0) is 0 Å². The minimum atomic E-state index is -0.158. The van der Waals surface area contributed by atoms with Gasteiger partial charge in [0.15, 0.2) is 5.82 Å². The number of nitrogens with zero attached hydrogens (tertiary/aromatic N) is 5. The number of hydrogen-bond donors (Lipinski definition) is 1. The van der Waals surface area contributed by atoms with E-state index in [2.05, 4.69) is 48.9 Å². The first-order valence-corrected chi connectivity index (χ1v) is 11.4. The minimum absolute atomic E-state index is 0.158. The molecule has 0 radical (unpaired) electrons. The summed E-state index contributed by atoms with van der Waals surface area (Å²) in [7, 11) is 2.15. The quantitative estimate of drug-likeness (QED) is 0.416. The van der Waals surface area contributed by atoms with Gasteiger partial charge in [-0.2, -0.15) is 0 Å². The van der Waals surface area contributed by atoms with Gasteiger partial charge in [0.25, 0.3) is 0 Å². The van der Waals surface area contributed by atoms with Crippen molar-refractivity contribution in [3.63, 3.8) is 0 Å². The molecule has 0 aliphatic carbocycles. The smallest absolute Gasteiger partial charge is 0.228 e. The van der Waals surface area contributed by atoms with Gasteiger partial charge in [0.1, 0.15) is 0 Å². The number of H-pyrrole nitrogens is 1. The lowest BCUT2D eigenvalue weighted by Gasteiger charge is -2.34. The second-order valence-electron chi connectivity index (χ2n) is 8.74. The predicted octanol–water partition coefficient (Wildman–Crippen LogP) is 4.16. The highest BCUT2D eigenvalue weighted by molar-refractivity contribution is 6.09. The number of likely N-dealkylation sites (N-methyl/N-ethyl adjacent to an activating group) is 1. The van der Waals surface area contributed by atoms with Crippen molar-refractivity contribution in [2.24, 2.45) is 0 Å². The van der Waals surface area contributed by atoms with Crippen molar-refractivity contribution in [2.45, 2.75) is 0 Å². The van der Waals surface area contributed by atoms with Crippen LogP contribution in [-0.4, -0.2) is 63.8 Å². The summed E-state index contributed by atoms with van der Waals surface area (Å²) in [6.07, 6.45) is 5.29. The van der Waals surface area contributed by atoms with Crippen molar-refractivity contribution < 1.29 is 4.79 Å². The third kappa shape index (κ3) is 3.70. The molecular formula is C27H24N6O. The number of pyridine rings is 2. The fraction of sp³-hybridized carbons (Fsp3) is 0.185. The zero-order chi connectivity index (χ0) is 23.1. The Bertz CT molecular complexity index is 1510. The van der Waals surface area contributed by atoms with Gasteiger partial charge < -0.3 is 14.8 Å². The summed E-state index contributed by atoms with van der Waals surface area (Å²) in [5.74, 6) is 0.174. The van der Waals surface area contributed by atoms with Crippen molar-refractivity contribution in [2.75, 3.05) is 38.1 Å². The number of ketones is 1. The number of aromatic nitrogens is 4. The average molecular weight is 449 g/mol. The van der Waals surface area contributed by atoms with E-state index in [-0.39, 0.29) is 5.78 Å². The molecule has 2 aromatic carbocycles. The normalized spacial score (nSPS) is 14.7. The predicted molar refractivity (Wildman–Crippen MR) is 134 cm³/mol. The molecule has 0 amide bonds. The number of fused-ring (bicyclic) bond motifs is 2. The highest BCUT2D eigenvalue weighted by Gasteiger charge is 2.18. The van der Waals surface area contributed by atoms with E-state index in [0.717, 1.165) is 59.2 Å². The molecule has 4 heterocycles. The Labute approximate surface area is 197 Å². The van der Waals surface area contributed by atoms with Crippen LogP contribution >= 0.6 is 0 Å². The van der Waals surface area contributed by atoms with Gasteiger partial charge in [-0.05, 0) is 42.8 Å². The van der Waals surface area contributed by atoms with Gasteiger partial charge in [0.05, 0.1) is 16.7 Å². The van der Waals surface area contributed by atoms with Crippen LogP contribution in [0.5, 0.6) is 0 Å². The molecule has 168 valence electrons. The summed E-state index contributed by atoms with van der Waals surface area (Å²) in [6.45, 7) is 4.07. The number of nitrogens with one attached hydrogen (secondary N) is 1. The average Bonchev–Trinajstić information content (AvgIpc) is 3.32. The second-order valence-corrected chi connectivity index (χ2v) is 8.74. The van der Waals surface area contributed by atoms with E-state index in [4.69, 9.17) is 0 Å². The Balaban J connectivity index is 1.32. The van der Waals surface area contributed by atoms with Crippen molar-refractivity contribution in [3.8, 4) is 11.3 Å². The molecule has 0 atom stereocenters.